The quantitative estimate of drug-likeness (QED) is 0.474. The molecule has 0 fully saturated rings. The van der Waals surface area contributed by atoms with Crippen LogP contribution in [0.1, 0.15) is 12.8 Å². The van der Waals surface area contributed by atoms with Crippen LogP contribution in [0.2, 0.25) is 0 Å². The molecule has 1 aliphatic rings. The smallest absolute Gasteiger partial charge is 0.331 e. The van der Waals surface area contributed by atoms with Crippen LogP contribution in [0.4, 0.5) is 0 Å². The summed E-state index contributed by atoms with van der Waals surface area (Å²) in [5.74, 6) is -1.52. The number of carboxylic acid groups (broad SMARTS) is 1. The van der Waals surface area contributed by atoms with Gasteiger partial charge in [0.1, 0.15) is 0 Å². The predicted octanol–water partition coefficient (Wildman–Crippen LogP) is -0.877. The van der Waals surface area contributed by atoms with Gasteiger partial charge in [0, 0.05) is 24.5 Å². The molecule has 0 aromatic heterocycles. The van der Waals surface area contributed by atoms with E-state index in [1.54, 1.807) is 0 Å². The lowest BCUT2D eigenvalue weighted by atomic mass is 9.96. The average molecular weight is 202 g/mol. The van der Waals surface area contributed by atoms with Crippen molar-refractivity contribution in [3.8, 4) is 0 Å². The summed E-state index contributed by atoms with van der Waals surface area (Å²) < 4.78 is 0. The fraction of sp³-hybridized carbons (Fsp3) is 0.667. The molecule has 0 aromatic rings. The number of hydrogen-bond donors (Lipinski definition) is 4. The summed E-state index contributed by atoms with van der Waals surface area (Å²) in [6.07, 6.45) is -0.459. The molecule has 4 N–H and O–H groups in total. The highest BCUT2D eigenvalue weighted by Gasteiger charge is 2.35. The SMILES string of the molecule is O=C(O)C1=C(CO)[C@@H](CCO)[C@H](O)C1. The van der Waals surface area contributed by atoms with Crippen molar-refractivity contribution in [3.05, 3.63) is 11.1 Å². The Morgan fingerprint density at radius 3 is 2.50 bits per heavy atom. The molecule has 2 atom stereocenters. The van der Waals surface area contributed by atoms with Crippen molar-refractivity contribution in [3.63, 3.8) is 0 Å². The zero-order valence-electron chi connectivity index (χ0n) is 7.68. The van der Waals surface area contributed by atoms with E-state index in [9.17, 15) is 9.90 Å². The van der Waals surface area contributed by atoms with Gasteiger partial charge in [-0.1, -0.05) is 0 Å². The molecule has 5 heteroatoms. The second-order valence-electron chi connectivity index (χ2n) is 3.36. The van der Waals surface area contributed by atoms with Crippen molar-refractivity contribution in [2.75, 3.05) is 13.2 Å². The standard InChI is InChI=1S/C9H14O5/c10-2-1-5-7(4-11)6(9(13)14)3-8(5)12/h5,8,10-12H,1-4H2,(H,13,14)/t5-,8-/m1/s1. The molecule has 5 nitrogen and oxygen atoms in total. The molecular formula is C9H14O5. The fourth-order valence-electron chi connectivity index (χ4n) is 1.88. The normalized spacial score (nSPS) is 27.1. The largest absolute Gasteiger partial charge is 0.478 e. The van der Waals surface area contributed by atoms with Crippen molar-refractivity contribution in [2.24, 2.45) is 5.92 Å². The summed E-state index contributed by atoms with van der Waals surface area (Å²) in [7, 11) is 0. The third-order valence-corrected chi connectivity index (χ3v) is 2.58. The van der Waals surface area contributed by atoms with E-state index in [4.69, 9.17) is 15.3 Å². The Hall–Kier alpha value is -0.910. The first-order valence-corrected chi connectivity index (χ1v) is 4.46. The highest BCUT2D eigenvalue weighted by atomic mass is 16.4. The minimum Gasteiger partial charge on any atom is -0.478 e. The summed E-state index contributed by atoms with van der Waals surface area (Å²) in [6, 6.07) is 0. The molecule has 0 heterocycles. The van der Waals surface area contributed by atoms with E-state index in [0.717, 1.165) is 0 Å². The van der Waals surface area contributed by atoms with Gasteiger partial charge in [0.05, 0.1) is 12.7 Å². The number of rotatable bonds is 4. The summed E-state index contributed by atoms with van der Waals surface area (Å²) in [5.41, 5.74) is 0.428. The topological polar surface area (TPSA) is 98.0 Å². The van der Waals surface area contributed by atoms with E-state index in [0.29, 0.717) is 5.57 Å². The number of carbonyl (C=O) groups is 1. The van der Waals surface area contributed by atoms with Crippen molar-refractivity contribution in [2.45, 2.75) is 18.9 Å². The first kappa shape index (κ1) is 11.2. The third-order valence-electron chi connectivity index (χ3n) is 2.58. The highest BCUT2D eigenvalue weighted by molar-refractivity contribution is 5.88. The van der Waals surface area contributed by atoms with Gasteiger partial charge in [0.15, 0.2) is 0 Å². The first-order valence-electron chi connectivity index (χ1n) is 4.46. The molecule has 0 aliphatic heterocycles. The molecular weight excluding hydrogens is 188 g/mol. The summed E-state index contributed by atoms with van der Waals surface area (Å²) in [6.45, 7) is -0.499. The van der Waals surface area contributed by atoms with Crippen molar-refractivity contribution in [1.29, 1.82) is 0 Å². The first-order chi connectivity index (χ1) is 6.61. The molecule has 80 valence electrons. The average Bonchev–Trinajstić information content (AvgIpc) is 2.44. The second kappa shape index (κ2) is 4.54. The van der Waals surface area contributed by atoms with Crippen LogP contribution in [-0.2, 0) is 4.79 Å². The van der Waals surface area contributed by atoms with Gasteiger partial charge < -0.3 is 20.4 Å². The van der Waals surface area contributed by atoms with Crippen LogP contribution in [-0.4, -0.2) is 45.7 Å². The molecule has 0 unspecified atom stereocenters. The Balaban J connectivity index is 2.90. The second-order valence-corrected chi connectivity index (χ2v) is 3.36. The summed E-state index contributed by atoms with van der Waals surface area (Å²) >= 11 is 0. The Kier molecular flexibility index (Phi) is 3.62. The Bertz CT molecular complexity index is 258. The maximum atomic E-state index is 10.7. The number of aliphatic hydroxyl groups is 3. The molecule has 1 aliphatic carbocycles. The Morgan fingerprint density at radius 1 is 1.43 bits per heavy atom. The van der Waals surface area contributed by atoms with Gasteiger partial charge in [0.2, 0.25) is 0 Å². The molecule has 0 saturated heterocycles. The number of aliphatic hydroxyl groups excluding tert-OH is 3. The van der Waals surface area contributed by atoms with E-state index in [1.807, 2.05) is 0 Å². The maximum absolute atomic E-state index is 10.7. The van der Waals surface area contributed by atoms with Gasteiger partial charge in [-0.25, -0.2) is 4.79 Å². The monoisotopic (exact) mass is 202 g/mol. The van der Waals surface area contributed by atoms with Crippen molar-refractivity contribution >= 4 is 5.97 Å². The minimum atomic E-state index is -1.10. The van der Waals surface area contributed by atoms with Gasteiger partial charge in [-0.3, -0.25) is 0 Å². The zero-order chi connectivity index (χ0) is 10.7. The van der Waals surface area contributed by atoms with Crippen LogP contribution in [0.15, 0.2) is 11.1 Å². The summed E-state index contributed by atoms with van der Waals surface area (Å²) in [4.78, 5) is 10.7. The maximum Gasteiger partial charge on any atom is 0.331 e. The van der Waals surface area contributed by atoms with Gasteiger partial charge in [0.25, 0.3) is 0 Å². The van der Waals surface area contributed by atoms with Crippen LogP contribution >= 0.6 is 0 Å². The van der Waals surface area contributed by atoms with Crippen LogP contribution in [0, 0.1) is 5.92 Å². The molecule has 14 heavy (non-hydrogen) atoms. The molecule has 0 saturated carbocycles. The van der Waals surface area contributed by atoms with Crippen molar-refractivity contribution in [1.82, 2.24) is 0 Å². The van der Waals surface area contributed by atoms with Crippen LogP contribution in [0.25, 0.3) is 0 Å². The Labute approximate surface area is 81.3 Å². The molecule has 0 spiro atoms. The molecule has 0 aromatic carbocycles. The molecule has 1 rings (SSSR count). The van der Waals surface area contributed by atoms with Crippen LogP contribution < -0.4 is 0 Å². The molecule has 0 radical (unpaired) electrons. The molecule has 0 amide bonds. The number of hydrogen-bond acceptors (Lipinski definition) is 4. The van der Waals surface area contributed by atoms with E-state index in [1.165, 1.54) is 0 Å². The van der Waals surface area contributed by atoms with Gasteiger partial charge in [-0.05, 0) is 12.0 Å². The Morgan fingerprint density at radius 2 is 2.07 bits per heavy atom. The van der Waals surface area contributed by atoms with Crippen LogP contribution in [0.5, 0.6) is 0 Å². The lowest BCUT2D eigenvalue weighted by Gasteiger charge is -2.15. The lowest BCUT2D eigenvalue weighted by Crippen LogP contribution is -2.19. The van der Waals surface area contributed by atoms with E-state index < -0.39 is 18.0 Å². The van der Waals surface area contributed by atoms with Gasteiger partial charge in [-0.15, -0.1) is 0 Å². The van der Waals surface area contributed by atoms with Crippen molar-refractivity contribution < 1.29 is 25.2 Å². The lowest BCUT2D eigenvalue weighted by molar-refractivity contribution is -0.133. The summed E-state index contributed by atoms with van der Waals surface area (Å²) in [5, 5.41) is 36.0. The zero-order valence-corrected chi connectivity index (χ0v) is 7.68. The molecule has 0 bridgehead atoms. The van der Waals surface area contributed by atoms with Gasteiger partial charge >= 0.3 is 5.97 Å². The minimum absolute atomic E-state index is 0.0515. The van der Waals surface area contributed by atoms with E-state index >= 15 is 0 Å². The highest BCUT2D eigenvalue weighted by Crippen LogP contribution is 2.34. The van der Waals surface area contributed by atoms with E-state index in [-0.39, 0.29) is 31.6 Å². The van der Waals surface area contributed by atoms with Gasteiger partial charge in [-0.2, -0.15) is 0 Å². The number of carboxylic acids is 1. The third kappa shape index (κ3) is 1.95. The van der Waals surface area contributed by atoms with Crippen LogP contribution in [0.3, 0.4) is 0 Å². The van der Waals surface area contributed by atoms with E-state index in [2.05, 4.69) is 0 Å². The number of aliphatic carboxylic acids is 1. The predicted molar refractivity (Wildman–Crippen MR) is 47.6 cm³/mol. The fourth-order valence-corrected chi connectivity index (χ4v) is 1.88.